The molecule has 0 saturated carbocycles. The van der Waals surface area contributed by atoms with E-state index >= 15 is 0 Å². The summed E-state index contributed by atoms with van der Waals surface area (Å²) in [6.45, 7) is 0. The quantitative estimate of drug-likeness (QED) is 0.563. The lowest BCUT2D eigenvalue weighted by molar-refractivity contribution is 0.0689. The number of rotatable bonds is 1. The number of aromatic nitrogens is 1. The van der Waals surface area contributed by atoms with Crippen molar-refractivity contribution in [1.82, 2.24) is 4.98 Å². The van der Waals surface area contributed by atoms with Crippen molar-refractivity contribution in [2.75, 3.05) is 0 Å². The summed E-state index contributed by atoms with van der Waals surface area (Å²) in [5.41, 5.74) is -1.01. The van der Waals surface area contributed by atoms with Crippen molar-refractivity contribution in [1.29, 1.82) is 5.26 Å². The van der Waals surface area contributed by atoms with Crippen LogP contribution in [0.5, 0.6) is 11.5 Å². The molecule has 1 rings (SSSR count). The van der Waals surface area contributed by atoms with Crippen LogP contribution < -0.4 is 0 Å². The molecule has 0 bridgehead atoms. The van der Waals surface area contributed by atoms with Gasteiger partial charge in [-0.25, -0.2) is 9.78 Å². The molecule has 0 atom stereocenters. The largest absolute Gasteiger partial charge is 0.504 e. The minimum atomic E-state index is -1.38. The first-order valence-electron chi connectivity index (χ1n) is 3.12. The van der Waals surface area contributed by atoms with Crippen LogP contribution in [-0.4, -0.2) is 26.3 Å². The summed E-state index contributed by atoms with van der Waals surface area (Å²) in [6.07, 6.45) is 0. The fourth-order valence-electron chi connectivity index (χ4n) is 0.712. The molecule has 6 nitrogen and oxygen atoms in total. The zero-order valence-corrected chi connectivity index (χ0v) is 6.22. The highest BCUT2D eigenvalue weighted by molar-refractivity contribution is 5.86. The predicted octanol–water partition coefficient (Wildman–Crippen LogP) is 0.0627. The van der Waals surface area contributed by atoms with Gasteiger partial charge in [0.1, 0.15) is 6.07 Å². The molecule has 1 aromatic rings. The molecule has 0 aliphatic heterocycles. The summed E-state index contributed by atoms with van der Waals surface area (Å²) in [5, 5.41) is 34.8. The lowest BCUT2D eigenvalue weighted by atomic mass is 10.2. The van der Waals surface area contributed by atoms with Gasteiger partial charge in [0.05, 0.1) is 0 Å². The Bertz CT molecular complexity index is 408. The molecule has 0 amide bonds. The van der Waals surface area contributed by atoms with Crippen molar-refractivity contribution in [3.05, 3.63) is 17.5 Å². The number of nitrogens with zero attached hydrogens (tertiary/aromatic N) is 2. The normalized spacial score (nSPS) is 9.15. The maximum atomic E-state index is 10.4. The van der Waals surface area contributed by atoms with Crippen LogP contribution in [0.4, 0.5) is 0 Å². The summed E-state index contributed by atoms with van der Waals surface area (Å²) < 4.78 is 0. The molecular formula is C7H4N2O4. The molecule has 0 aliphatic carbocycles. The smallest absolute Gasteiger partial charge is 0.354 e. The minimum Gasteiger partial charge on any atom is -0.504 e. The van der Waals surface area contributed by atoms with Gasteiger partial charge in [-0.1, -0.05) is 0 Å². The first-order valence-corrected chi connectivity index (χ1v) is 3.12. The van der Waals surface area contributed by atoms with Gasteiger partial charge in [-0.2, -0.15) is 5.26 Å². The number of hydrogen-bond donors (Lipinski definition) is 3. The van der Waals surface area contributed by atoms with E-state index in [2.05, 4.69) is 4.98 Å². The fraction of sp³-hybridized carbons (Fsp3) is 0. The van der Waals surface area contributed by atoms with E-state index in [0.29, 0.717) is 0 Å². The molecule has 1 heterocycles. The maximum Gasteiger partial charge on any atom is 0.354 e. The van der Waals surface area contributed by atoms with Gasteiger partial charge in [0.15, 0.2) is 22.9 Å². The fourth-order valence-corrected chi connectivity index (χ4v) is 0.712. The monoisotopic (exact) mass is 180 g/mol. The van der Waals surface area contributed by atoms with Crippen LogP contribution in [0.2, 0.25) is 0 Å². The second-order valence-corrected chi connectivity index (χ2v) is 2.14. The first kappa shape index (κ1) is 8.80. The van der Waals surface area contributed by atoms with Gasteiger partial charge in [0, 0.05) is 6.07 Å². The molecule has 0 unspecified atom stereocenters. The number of nitriles is 1. The molecule has 6 heteroatoms. The third-order valence-corrected chi connectivity index (χ3v) is 1.30. The lowest BCUT2D eigenvalue weighted by Gasteiger charge is -1.99. The van der Waals surface area contributed by atoms with Crippen LogP contribution in [0.15, 0.2) is 6.07 Å². The van der Waals surface area contributed by atoms with Crippen LogP contribution in [0.3, 0.4) is 0 Å². The van der Waals surface area contributed by atoms with E-state index in [4.69, 9.17) is 20.6 Å². The van der Waals surface area contributed by atoms with E-state index in [1.807, 2.05) is 0 Å². The van der Waals surface area contributed by atoms with Crippen LogP contribution in [-0.2, 0) is 0 Å². The first-order chi connectivity index (χ1) is 6.06. The number of carboxylic acid groups (broad SMARTS) is 1. The zero-order chi connectivity index (χ0) is 10.0. The third-order valence-electron chi connectivity index (χ3n) is 1.30. The van der Waals surface area contributed by atoms with Gasteiger partial charge < -0.3 is 15.3 Å². The van der Waals surface area contributed by atoms with Gasteiger partial charge >= 0.3 is 5.97 Å². The summed E-state index contributed by atoms with van der Waals surface area (Å²) in [5.74, 6) is -2.77. The molecule has 3 N–H and O–H groups in total. The van der Waals surface area contributed by atoms with Crippen molar-refractivity contribution in [3.8, 4) is 17.6 Å². The Morgan fingerprint density at radius 1 is 1.54 bits per heavy atom. The molecule has 0 saturated heterocycles. The Kier molecular flexibility index (Phi) is 2.02. The van der Waals surface area contributed by atoms with E-state index in [0.717, 1.165) is 6.07 Å². The summed E-state index contributed by atoms with van der Waals surface area (Å²) in [4.78, 5) is 13.6. The second-order valence-electron chi connectivity index (χ2n) is 2.14. The molecule has 0 radical (unpaired) electrons. The van der Waals surface area contributed by atoms with Crippen LogP contribution in [0.1, 0.15) is 16.2 Å². The topological polar surface area (TPSA) is 114 Å². The molecule has 1 aromatic heterocycles. The standard InChI is InChI=1S/C7H4N2O4/c8-2-4-6(11)5(10)1-3(9-4)7(12)13/h1,11H,(H,9,10)(H,12,13). The van der Waals surface area contributed by atoms with E-state index in [9.17, 15) is 4.79 Å². The molecule has 66 valence electrons. The summed E-state index contributed by atoms with van der Waals surface area (Å²) in [7, 11) is 0. The van der Waals surface area contributed by atoms with Crippen LogP contribution in [0, 0.1) is 11.3 Å². The predicted molar refractivity (Wildman–Crippen MR) is 39.2 cm³/mol. The van der Waals surface area contributed by atoms with Crippen molar-refractivity contribution in [3.63, 3.8) is 0 Å². The summed E-state index contributed by atoms with van der Waals surface area (Å²) >= 11 is 0. The number of aromatic carboxylic acids is 1. The average molecular weight is 180 g/mol. The highest BCUT2D eigenvalue weighted by Crippen LogP contribution is 2.27. The van der Waals surface area contributed by atoms with Gasteiger partial charge in [0.2, 0.25) is 0 Å². The van der Waals surface area contributed by atoms with Crippen molar-refractivity contribution in [2.45, 2.75) is 0 Å². The summed E-state index contributed by atoms with van der Waals surface area (Å²) in [6, 6.07) is 2.21. The van der Waals surface area contributed by atoms with Crippen LogP contribution >= 0.6 is 0 Å². The van der Waals surface area contributed by atoms with Gasteiger partial charge in [-0.15, -0.1) is 0 Å². The maximum absolute atomic E-state index is 10.4. The van der Waals surface area contributed by atoms with Crippen molar-refractivity contribution in [2.24, 2.45) is 0 Å². The van der Waals surface area contributed by atoms with Crippen molar-refractivity contribution >= 4 is 5.97 Å². The molecular weight excluding hydrogens is 176 g/mol. The van der Waals surface area contributed by atoms with Gasteiger partial charge in [0.25, 0.3) is 0 Å². The van der Waals surface area contributed by atoms with Gasteiger partial charge in [-0.3, -0.25) is 0 Å². The number of hydrogen-bond acceptors (Lipinski definition) is 5. The van der Waals surface area contributed by atoms with Crippen molar-refractivity contribution < 1.29 is 20.1 Å². The highest BCUT2D eigenvalue weighted by atomic mass is 16.4. The van der Waals surface area contributed by atoms with E-state index < -0.39 is 28.9 Å². The lowest BCUT2D eigenvalue weighted by Crippen LogP contribution is -2.01. The minimum absolute atomic E-state index is 0.494. The highest BCUT2D eigenvalue weighted by Gasteiger charge is 2.14. The Balaban J connectivity index is 3.41. The number of carboxylic acids is 1. The van der Waals surface area contributed by atoms with Gasteiger partial charge in [-0.05, 0) is 0 Å². The number of pyridine rings is 1. The Morgan fingerprint density at radius 3 is 2.62 bits per heavy atom. The second kappa shape index (κ2) is 2.98. The van der Waals surface area contributed by atoms with E-state index in [1.54, 1.807) is 0 Å². The molecule has 13 heavy (non-hydrogen) atoms. The number of carbonyl (C=O) groups is 1. The SMILES string of the molecule is N#Cc1nc(C(=O)O)cc(O)c1O. The molecule has 0 spiro atoms. The zero-order valence-electron chi connectivity index (χ0n) is 6.22. The Labute approximate surface area is 72.3 Å². The molecule has 0 aliphatic rings. The third kappa shape index (κ3) is 1.49. The van der Waals surface area contributed by atoms with E-state index in [1.165, 1.54) is 6.07 Å². The Morgan fingerprint density at radius 2 is 2.15 bits per heavy atom. The van der Waals surface area contributed by atoms with E-state index in [-0.39, 0.29) is 0 Å². The number of aromatic hydroxyl groups is 2. The molecule has 0 aromatic carbocycles. The van der Waals surface area contributed by atoms with Crippen LogP contribution in [0.25, 0.3) is 0 Å². The Hall–Kier alpha value is -2.29. The molecule has 0 fully saturated rings. The average Bonchev–Trinajstić information content (AvgIpc) is 2.09.